The van der Waals surface area contributed by atoms with Crippen molar-refractivity contribution in [2.75, 3.05) is 11.9 Å². The van der Waals surface area contributed by atoms with Gasteiger partial charge in [-0.25, -0.2) is 0 Å². The van der Waals surface area contributed by atoms with E-state index in [9.17, 15) is 0 Å². The van der Waals surface area contributed by atoms with Crippen LogP contribution in [0.25, 0.3) is 11.3 Å². The minimum Gasteiger partial charge on any atom is -0.493 e. The van der Waals surface area contributed by atoms with Crippen LogP contribution in [0.1, 0.15) is 42.7 Å². The van der Waals surface area contributed by atoms with Crippen molar-refractivity contribution in [1.29, 1.82) is 0 Å². The first-order valence-corrected chi connectivity index (χ1v) is 12.9. The van der Waals surface area contributed by atoms with Crippen LogP contribution >= 0.6 is 11.8 Å². The number of rotatable bonds is 8. The van der Waals surface area contributed by atoms with Gasteiger partial charge in [0.25, 0.3) is 0 Å². The van der Waals surface area contributed by atoms with Crippen molar-refractivity contribution in [2.45, 2.75) is 43.8 Å². The SMILES string of the molecule is CCCCOc1ccccc1[C@H]1Nc2ccccc2-c2nnc(SCc3ccc(C)cc3)nc2O1. The van der Waals surface area contributed by atoms with Crippen LogP contribution in [0.3, 0.4) is 0 Å². The molecule has 1 atom stereocenters. The van der Waals surface area contributed by atoms with Crippen LogP contribution < -0.4 is 14.8 Å². The third kappa shape index (κ3) is 5.41. The Morgan fingerprint density at radius 3 is 2.63 bits per heavy atom. The number of nitrogens with one attached hydrogen (secondary N) is 1. The quantitative estimate of drug-likeness (QED) is 0.217. The van der Waals surface area contributed by atoms with Gasteiger partial charge in [-0.3, -0.25) is 0 Å². The van der Waals surface area contributed by atoms with Gasteiger partial charge in [-0.15, -0.1) is 10.2 Å². The number of unbranched alkanes of at least 4 members (excludes halogenated alkanes) is 1. The molecule has 178 valence electrons. The summed E-state index contributed by atoms with van der Waals surface area (Å²) < 4.78 is 12.6. The molecule has 1 aliphatic rings. The number of aryl methyl sites for hydroxylation is 1. The van der Waals surface area contributed by atoms with Gasteiger partial charge in [-0.05, 0) is 37.1 Å². The molecular weight excluding hydrogens is 456 g/mol. The zero-order valence-electron chi connectivity index (χ0n) is 19.9. The first kappa shape index (κ1) is 23.2. The van der Waals surface area contributed by atoms with E-state index in [0.29, 0.717) is 23.3 Å². The fourth-order valence-electron chi connectivity index (χ4n) is 3.84. The largest absolute Gasteiger partial charge is 0.493 e. The van der Waals surface area contributed by atoms with Crippen molar-refractivity contribution in [3.05, 3.63) is 89.5 Å². The predicted octanol–water partition coefficient (Wildman–Crippen LogP) is 6.82. The van der Waals surface area contributed by atoms with Gasteiger partial charge in [0.05, 0.1) is 12.2 Å². The molecule has 6 nitrogen and oxygen atoms in total. The Kier molecular flexibility index (Phi) is 7.14. The fourth-order valence-corrected chi connectivity index (χ4v) is 4.57. The Bertz CT molecular complexity index is 1300. The highest BCUT2D eigenvalue weighted by Crippen LogP contribution is 2.41. The minimum absolute atomic E-state index is 0.456. The number of para-hydroxylation sites is 2. The van der Waals surface area contributed by atoms with Gasteiger partial charge >= 0.3 is 0 Å². The van der Waals surface area contributed by atoms with E-state index in [-0.39, 0.29) is 0 Å². The summed E-state index contributed by atoms with van der Waals surface area (Å²) in [6.07, 6.45) is 1.59. The van der Waals surface area contributed by atoms with Crippen LogP contribution in [0.15, 0.2) is 78.0 Å². The molecule has 0 bridgehead atoms. The van der Waals surface area contributed by atoms with E-state index in [1.165, 1.54) is 11.1 Å². The maximum atomic E-state index is 6.46. The molecule has 0 saturated carbocycles. The third-order valence-corrected chi connectivity index (χ3v) is 6.69. The Morgan fingerprint density at radius 1 is 0.971 bits per heavy atom. The Morgan fingerprint density at radius 2 is 1.77 bits per heavy atom. The molecule has 1 aromatic heterocycles. The number of fused-ring (bicyclic) bond motifs is 3. The van der Waals surface area contributed by atoms with Gasteiger partial charge in [-0.2, -0.15) is 4.98 Å². The van der Waals surface area contributed by atoms with Crippen LogP contribution in [0.2, 0.25) is 0 Å². The summed E-state index contributed by atoms with van der Waals surface area (Å²) in [7, 11) is 0. The number of aromatic nitrogens is 3. The van der Waals surface area contributed by atoms with E-state index >= 15 is 0 Å². The number of thioether (sulfide) groups is 1. The molecule has 2 heterocycles. The molecule has 0 radical (unpaired) electrons. The summed E-state index contributed by atoms with van der Waals surface area (Å²) in [6, 6.07) is 24.4. The van der Waals surface area contributed by atoms with Gasteiger partial charge in [0, 0.05) is 17.0 Å². The van der Waals surface area contributed by atoms with E-state index in [4.69, 9.17) is 14.5 Å². The predicted molar refractivity (Wildman–Crippen MR) is 140 cm³/mol. The molecule has 0 fully saturated rings. The lowest BCUT2D eigenvalue weighted by molar-refractivity contribution is 0.215. The summed E-state index contributed by atoms with van der Waals surface area (Å²) >= 11 is 1.54. The molecule has 0 amide bonds. The lowest BCUT2D eigenvalue weighted by atomic mass is 10.1. The molecule has 1 N–H and O–H groups in total. The number of nitrogens with zero attached hydrogens (tertiary/aromatic N) is 3. The van der Waals surface area contributed by atoms with Crippen LogP contribution in [0, 0.1) is 6.92 Å². The average Bonchev–Trinajstić information content (AvgIpc) is 3.05. The van der Waals surface area contributed by atoms with Crippen LogP contribution in [-0.2, 0) is 5.75 Å². The highest BCUT2D eigenvalue weighted by atomic mass is 32.2. The Labute approximate surface area is 210 Å². The Hall–Kier alpha value is -3.58. The van der Waals surface area contributed by atoms with Gasteiger partial charge in [0.15, 0.2) is 5.69 Å². The molecule has 4 aromatic rings. The highest BCUT2D eigenvalue weighted by Gasteiger charge is 2.27. The van der Waals surface area contributed by atoms with Crippen molar-refractivity contribution in [1.82, 2.24) is 15.2 Å². The molecule has 0 aliphatic carbocycles. The van der Waals surface area contributed by atoms with Gasteiger partial charge < -0.3 is 14.8 Å². The summed E-state index contributed by atoms with van der Waals surface area (Å²) in [5.74, 6) is 2.01. The number of ether oxygens (including phenoxy) is 2. The summed E-state index contributed by atoms with van der Waals surface area (Å²) in [4.78, 5) is 4.77. The van der Waals surface area contributed by atoms with Crippen molar-refractivity contribution in [3.8, 4) is 22.9 Å². The van der Waals surface area contributed by atoms with E-state index < -0.39 is 6.23 Å². The topological polar surface area (TPSA) is 69.2 Å². The first-order valence-electron chi connectivity index (χ1n) is 11.9. The summed E-state index contributed by atoms with van der Waals surface area (Å²) in [6.45, 7) is 4.90. The molecular formula is C28H28N4O2S. The summed E-state index contributed by atoms with van der Waals surface area (Å²) in [5.41, 5.74) is 5.81. The Balaban J connectivity index is 1.46. The molecule has 0 unspecified atom stereocenters. The van der Waals surface area contributed by atoms with Gasteiger partial charge in [0.2, 0.25) is 17.3 Å². The van der Waals surface area contributed by atoms with Gasteiger partial charge in [-0.1, -0.05) is 85.3 Å². The monoisotopic (exact) mass is 484 g/mol. The lowest BCUT2D eigenvalue weighted by Crippen LogP contribution is -2.18. The molecule has 35 heavy (non-hydrogen) atoms. The average molecular weight is 485 g/mol. The number of hydrogen-bond donors (Lipinski definition) is 1. The highest BCUT2D eigenvalue weighted by molar-refractivity contribution is 7.98. The second-order valence-corrected chi connectivity index (χ2v) is 9.39. The standard InChI is InChI=1S/C28H28N4O2S/c1-3-4-17-33-24-12-8-6-10-22(24)26-29-23-11-7-5-9-21(23)25-27(34-26)30-28(32-31-25)35-18-20-15-13-19(2)14-16-20/h5-16,26,29H,3-4,17-18H2,1-2H3/t26-/m0/s1. The third-order valence-electron chi connectivity index (χ3n) is 5.78. The molecule has 3 aromatic carbocycles. The van der Waals surface area contributed by atoms with E-state index in [1.54, 1.807) is 11.8 Å². The fraction of sp³-hybridized carbons (Fsp3) is 0.250. The second kappa shape index (κ2) is 10.8. The maximum absolute atomic E-state index is 6.46. The zero-order valence-corrected chi connectivity index (χ0v) is 20.7. The summed E-state index contributed by atoms with van der Waals surface area (Å²) in [5, 5.41) is 13.0. The van der Waals surface area contributed by atoms with Crippen LogP contribution in [-0.4, -0.2) is 21.8 Å². The van der Waals surface area contributed by atoms with E-state index in [0.717, 1.165) is 41.2 Å². The zero-order chi connectivity index (χ0) is 24.0. The van der Waals surface area contributed by atoms with Crippen LogP contribution in [0.5, 0.6) is 11.6 Å². The van der Waals surface area contributed by atoms with Crippen molar-refractivity contribution in [3.63, 3.8) is 0 Å². The smallest absolute Gasteiger partial charge is 0.247 e. The molecule has 0 saturated heterocycles. The minimum atomic E-state index is -0.484. The molecule has 5 rings (SSSR count). The van der Waals surface area contributed by atoms with Crippen molar-refractivity contribution in [2.24, 2.45) is 0 Å². The number of benzene rings is 3. The van der Waals surface area contributed by atoms with Crippen molar-refractivity contribution >= 4 is 17.4 Å². The van der Waals surface area contributed by atoms with E-state index in [2.05, 4.69) is 53.6 Å². The maximum Gasteiger partial charge on any atom is 0.247 e. The normalized spacial score (nSPS) is 14.2. The number of anilines is 1. The van der Waals surface area contributed by atoms with Crippen molar-refractivity contribution < 1.29 is 9.47 Å². The van der Waals surface area contributed by atoms with E-state index in [1.807, 2.05) is 48.5 Å². The molecule has 0 spiro atoms. The van der Waals surface area contributed by atoms with Crippen LogP contribution in [0.4, 0.5) is 5.69 Å². The molecule has 1 aliphatic heterocycles. The molecule has 7 heteroatoms. The lowest BCUT2D eigenvalue weighted by Gasteiger charge is -2.22. The van der Waals surface area contributed by atoms with Gasteiger partial charge in [0.1, 0.15) is 5.75 Å². The first-order chi connectivity index (χ1) is 17.2. The second-order valence-electron chi connectivity index (χ2n) is 8.45. The number of hydrogen-bond acceptors (Lipinski definition) is 7.